The smallest absolute Gasteiger partial charge is 0.288 e. The highest BCUT2D eigenvalue weighted by Gasteiger charge is 2.29. The van der Waals surface area contributed by atoms with Gasteiger partial charge in [-0.05, 0) is 24.1 Å². The van der Waals surface area contributed by atoms with Crippen LogP contribution in [0.2, 0.25) is 0 Å². The van der Waals surface area contributed by atoms with Gasteiger partial charge >= 0.3 is 0 Å². The average Bonchev–Trinajstić information content (AvgIpc) is 3.43. The first-order chi connectivity index (χ1) is 16.7. The summed E-state index contributed by atoms with van der Waals surface area (Å²) in [6.07, 6.45) is 3.30. The van der Waals surface area contributed by atoms with Gasteiger partial charge in [0.2, 0.25) is 0 Å². The third kappa shape index (κ3) is 4.03. The van der Waals surface area contributed by atoms with Crippen molar-refractivity contribution in [1.82, 2.24) is 9.47 Å². The number of rotatable bonds is 5. The summed E-state index contributed by atoms with van der Waals surface area (Å²) >= 11 is 0. The van der Waals surface area contributed by atoms with Gasteiger partial charge in [-0.2, -0.15) is 5.26 Å². The second-order valence-electron chi connectivity index (χ2n) is 8.53. The average molecular weight is 455 g/mol. The number of fused-ring (bicyclic) bond motifs is 1. The number of carbonyl (C=O) groups excluding carboxylic acids is 1. The van der Waals surface area contributed by atoms with Gasteiger partial charge in [-0.3, -0.25) is 9.59 Å². The number of nitriles is 1. The molecule has 2 aliphatic rings. The molecule has 0 radical (unpaired) electrons. The topological polar surface area (TPSA) is 78.6 Å². The number of aromatic nitrogens is 1. The van der Waals surface area contributed by atoms with E-state index in [1.807, 2.05) is 60.7 Å². The zero-order valence-corrected chi connectivity index (χ0v) is 18.9. The molecular weight excluding hydrogens is 428 g/mol. The maximum absolute atomic E-state index is 13.5. The molecule has 1 fully saturated rings. The third-order valence-corrected chi connectivity index (χ3v) is 6.52. The summed E-state index contributed by atoms with van der Waals surface area (Å²) in [5, 5.41) is 10.9. The number of para-hydroxylation sites is 1. The van der Waals surface area contributed by atoms with Crippen LogP contribution in [-0.2, 0) is 22.5 Å². The van der Waals surface area contributed by atoms with Crippen LogP contribution in [-0.4, -0.2) is 48.2 Å². The lowest BCUT2D eigenvalue weighted by Crippen LogP contribution is -2.50. The van der Waals surface area contributed by atoms with Gasteiger partial charge in [-0.15, -0.1) is 0 Å². The zero-order chi connectivity index (χ0) is 23.5. The molecule has 3 heterocycles. The Hall–Kier alpha value is -4.05. The molecule has 0 bridgehead atoms. The molecule has 0 spiro atoms. The number of carbonyl (C=O) groups is 1. The van der Waals surface area contributed by atoms with Crippen molar-refractivity contribution in [3.63, 3.8) is 0 Å². The number of hydrogen-bond donors (Lipinski definition) is 0. The number of hydrogen-bond acceptors (Lipinski definition) is 5. The van der Waals surface area contributed by atoms with Gasteiger partial charge in [0.15, 0.2) is 5.76 Å². The van der Waals surface area contributed by atoms with Gasteiger partial charge < -0.3 is 19.1 Å². The first-order valence-electron chi connectivity index (χ1n) is 11.6. The minimum Gasteiger partial charge on any atom is -0.488 e. The van der Waals surface area contributed by atoms with E-state index in [4.69, 9.17) is 4.74 Å². The SMILES string of the molecule is N#Cc1c(N2CCN(C(=O)C3=CCCO3)CC2)c2ccccc2n(CCc2ccccc2)c1=O. The first-order valence-corrected chi connectivity index (χ1v) is 11.6. The molecule has 2 aliphatic heterocycles. The summed E-state index contributed by atoms with van der Waals surface area (Å²) in [7, 11) is 0. The predicted molar refractivity (Wildman–Crippen MR) is 131 cm³/mol. The quantitative estimate of drug-likeness (QED) is 0.592. The first kappa shape index (κ1) is 21.8. The normalized spacial score (nSPS) is 15.7. The van der Waals surface area contributed by atoms with Crippen LogP contribution in [0.1, 0.15) is 17.5 Å². The Bertz CT molecular complexity index is 1350. The highest BCUT2D eigenvalue weighted by atomic mass is 16.5. The van der Waals surface area contributed by atoms with E-state index in [0.29, 0.717) is 57.2 Å². The molecular formula is C27H26N4O3. The molecule has 3 aromatic rings. The van der Waals surface area contributed by atoms with Gasteiger partial charge in [-0.1, -0.05) is 48.5 Å². The van der Waals surface area contributed by atoms with Crippen LogP contribution in [0, 0.1) is 11.3 Å². The standard InChI is InChI=1S/C27H26N4O3/c28-19-22-25(29-14-16-30(17-15-29)27(33)24-11-6-18-34-24)21-9-4-5-10-23(21)31(26(22)32)13-12-20-7-2-1-3-8-20/h1-5,7-11H,6,12-18H2. The lowest BCUT2D eigenvalue weighted by Gasteiger charge is -2.37. The minimum absolute atomic E-state index is 0.0844. The lowest BCUT2D eigenvalue weighted by molar-refractivity contribution is -0.130. The van der Waals surface area contributed by atoms with Crippen LogP contribution in [0.3, 0.4) is 0 Å². The van der Waals surface area contributed by atoms with Crippen LogP contribution in [0.5, 0.6) is 0 Å². The van der Waals surface area contributed by atoms with E-state index in [0.717, 1.165) is 22.9 Å². The maximum Gasteiger partial charge on any atom is 0.288 e. The number of pyridine rings is 1. The monoisotopic (exact) mass is 454 g/mol. The van der Waals surface area contributed by atoms with Crippen LogP contribution in [0.4, 0.5) is 5.69 Å². The molecule has 0 N–H and O–H groups in total. The molecule has 7 heteroatoms. The highest BCUT2D eigenvalue weighted by Crippen LogP contribution is 2.30. The molecule has 0 unspecified atom stereocenters. The molecule has 7 nitrogen and oxygen atoms in total. The Morgan fingerprint density at radius 1 is 1.00 bits per heavy atom. The van der Waals surface area contributed by atoms with Crippen molar-refractivity contribution in [3.8, 4) is 6.07 Å². The second kappa shape index (κ2) is 9.44. The molecule has 1 amide bonds. The summed E-state index contributed by atoms with van der Waals surface area (Å²) in [5.41, 5.74) is 2.52. The molecule has 172 valence electrons. The fraction of sp³-hybridized carbons (Fsp3) is 0.296. The van der Waals surface area contributed by atoms with Crippen molar-refractivity contribution in [2.24, 2.45) is 0 Å². The van der Waals surface area contributed by atoms with Crippen LogP contribution in [0.15, 0.2) is 71.2 Å². The molecule has 0 atom stereocenters. The van der Waals surface area contributed by atoms with Crippen molar-refractivity contribution >= 4 is 22.5 Å². The largest absolute Gasteiger partial charge is 0.488 e. The number of aryl methyl sites for hydroxylation is 2. The van der Waals surface area contributed by atoms with E-state index in [1.54, 1.807) is 9.47 Å². The van der Waals surface area contributed by atoms with Gasteiger partial charge in [0.25, 0.3) is 11.5 Å². The summed E-state index contributed by atoms with van der Waals surface area (Å²) in [6.45, 7) is 3.16. The molecule has 0 saturated carbocycles. The summed E-state index contributed by atoms with van der Waals surface area (Å²) < 4.78 is 7.14. The van der Waals surface area contributed by atoms with Gasteiger partial charge in [0.05, 0.1) is 17.8 Å². The highest BCUT2D eigenvalue weighted by molar-refractivity contribution is 5.95. The van der Waals surface area contributed by atoms with Crippen molar-refractivity contribution in [2.75, 3.05) is 37.7 Å². The number of piperazine rings is 1. The number of ether oxygens (including phenoxy) is 1. The Labute approximate surface area is 198 Å². The Balaban J connectivity index is 1.46. The Morgan fingerprint density at radius 2 is 1.74 bits per heavy atom. The predicted octanol–water partition coefficient (Wildman–Crippen LogP) is 3.07. The van der Waals surface area contributed by atoms with E-state index in [1.165, 1.54) is 0 Å². The van der Waals surface area contributed by atoms with E-state index >= 15 is 0 Å². The lowest BCUT2D eigenvalue weighted by atomic mass is 10.1. The van der Waals surface area contributed by atoms with Crippen LogP contribution in [0.25, 0.3) is 10.9 Å². The zero-order valence-electron chi connectivity index (χ0n) is 18.9. The fourth-order valence-electron chi connectivity index (χ4n) is 4.78. The van der Waals surface area contributed by atoms with Crippen molar-refractivity contribution in [3.05, 3.63) is 87.9 Å². The molecule has 2 aromatic carbocycles. The summed E-state index contributed by atoms with van der Waals surface area (Å²) in [5.74, 6) is 0.344. The van der Waals surface area contributed by atoms with E-state index in [-0.39, 0.29) is 17.0 Å². The van der Waals surface area contributed by atoms with Gasteiger partial charge in [0, 0.05) is 44.5 Å². The van der Waals surface area contributed by atoms with Gasteiger partial charge in [0.1, 0.15) is 11.6 Å². The van der Waals surface area contributed by atoms with Crippen molar-refractivity contribution in [1.29, 1.82) is 5.26 Å². The van der Waals surface area contributed by atoms with Gasteiger partial charge in [-0.25, -0.2) is 0 Å². The van der Waals surface area contributed by atoms with E-state index in [9.17, 15) is 14.9 Å². The van der Waals surface area contributed by atoms with E-state index < -0.39 is 0 Å². The molecule has 0 aliphatic carbocycles. The molecule has 1 saturated heterocycles. The van der Waals surface area contributed by atoms with Crippen molar-refractivity contribution < 1.29 is 9.53 Å². The Morgan fingerprint density at radius 3 is 2.44 bits per heavy atom. The molecule has 34 heavy (non-hydrogen) atoms. The van der Waals surface area contributed by atoms with E-state index in [2.05, 4.69) is 11.0 Å². The van der Waals surface area contributed by atoms with Crippen LogP contribution >= 0.6 is 0 Å². The molecule has 1 aromatic heterocycles. The Kier molecular flexibility index (Phi) is 6.05. The third-order valence-electron chi connectivity index (χ3n) is 6.52. The van der Waals surface area contributed by atoms with Crippen molar-refractivity contribution in [2.45, 2.75) is 19.4 Å². The second-order valence-corrected chi connectivity index (χ2v) is 8.53. The maximum atomic E-state index is 13.5. The fourth-order valence-corrected chi connectivity index (χ4v) is 4.78. The minimum atomic E-state index is -0.268. The summed E-state index contributed by atoms with van der Waals surface area (Å²) in [4.78, 5) is 30.0. The number of amides is 1. The van der Waals surface area contributed by atoms with Crippen LogP contribution < -0.4 is 10.5 Å². The number of nitrogens with zero attached hydrogens (tertiary/aromatic N) is 4. The number of anilines is 1. The molecule has 5 rings (SSSR count). The number of benzene rings is 2. The summed E-state index contributed by atoms with van der Waals surface area (Å²) in [6, 6.07) is 20.0.